The number of hydrogen-bond acceptors (Lipinski definition) is 3. The van der Waals surface area contributed by atoms with Gasteiger partial charge >= 0.3 is 0 Å². The van der Waals surface area contributed by atoms with E-state index in [1.54, 1.807) is 18.2 Å². The molecule has 0 radical (unpaired) electrons. The molecule has 2 aromatic rings. The van der Waals surface area contributed by atoms with E-state index in [1.807, 2.05) is 32.0 Å². The quantitative estimate of drug-likeness (QED) is 0.796. The lowest BCUT2D eigenvalue weighted by Gasteiger charge is -2.15. The van der Waals surface area contributed by atoms with Crippen LogP contribution in [0.15, 0.2) is 48.5 Å². The fourth-order valence-electron chi connectivity index (χ4n) is 2.44. The van der Waals surface area contributed by atoms with Crippen LogP contribution in [0.4, 0.5) is 0 Å². The van der Waals surface area contributed by atoms with E-state index in [1.165, 1.54) is 5.56 Å². The molecule has 2 aromatic carbocycles. The van der Waals surface area contributed by atoms with Gasteiger partial charge in [-0.15, -0.1) is 0 Å². The second kappa shape index (κ2) is 8.96. The fourth-order valence-corrected chi connectivity index (χ4v) is 2.44. The maximum Gasteiger partial charge on any atom is 0.251 e. The van der Waals surface area contributed by atoms with Crippen molar-refractivity contribution in [2.24, 2.45) is 0 Å². The third kappa shape index (κ3) is 4.75. The van der Waals surface area contributed by atoms with Crippen molar-refractivity contribution in [2.75, 3.05) is 19.8 Å². The highest BCUT2D eigenvalue weighted by Crippen LogP contribution is 2.28. The third-order valence-electron chi connectivity index (χ3n) is 3.74. The zero-order chi connectivity index (χ0) is 17.4. The van der Waals surface area contributed by atoms with Crippen molar-refractivity contribution in [3.8, 4) is 11.5 Å². The Balaban J connectivity index is 2.02. The lowest BCUT2D eigenvalue weighted by molar-refractivity contribution is 0.0951. The van der Waals surface area contributed by atoms with Crippen molar-refractivity contribution < 1.29 is 14.3 Å². The summed E-state index contributed by atoms with van der Waals surface area (Å²) in [5.41, 5.74) is 1.78. The van der Waals surface area contributed by atoms with Gasteiger partial charge in [0.25, 0.3) is 5.91 Å². The number of amides is 1. The molecule has 24 heavy (non-hydrogen) atoms. The Morgan fingerprint density at radius 2 is 1.67 bits per heavy atom. The van der Waals surface area contributed by atoms with Gasteiger partial charge in [-0.1, -0.05) is 37.3 Å². The van der Waals surface area contributed by atoms with Crippen molar-refractivity contribution >= 4 is 5.91 Å². The van der Waals surface area contributed by atoms with E-state index < -0.39 is 0 Å². The number of rotatable bonds is 8. The normalized spacial score (nSPS) is 11.6. The summed E-state index contributed by atoms with van der Waals surface area (Å²) in [5, 5.41) is 2.98. The summed E-state index contributed by atoms with van der Waals surface area (Å²) in [6.07, 6.45) is 0. The van der Waals surface area contributed by atoms with Gasteiger partial charge in [0.05, 0.1) is 13.2 Å². The molecule has 0 heterocycles. The Hall–Kier alpha value is -2.49. The van der Waals surface area contributed by atoms with Crippen molar-refractivity contribution in [1.29, 1.82) is 0 Å². The summed E-state index contributed by atoms with van der Waals surface area (Å²) in [6, 6.07) is 15.4. The van der Waals surface area contributed by atoms with Crippen LogP contribution < -0.4 is 14.8 Å². The lowest BCUT2D eigenvalue weighted by atomic mass is 10.0. The molecule has 0 saturated heterocycles. The first-order chi connectivity index (χ1) is 11.7. The van der Waals surface area contributed by atoms with Crippen molar-refractivity contribution in [2.45, 2.75) is 26.7 Å². The molecular weight excluding hydrogens is 302 g/mol. The van der Waals surface area contributed by atoms with Crippen LogP contribution >= 0.6 is 0 Å². The van der Waals surface area contributed by atoms with Crippen LogP contribution in [0.5, 0.6) is 11.5 Å². The summed E-state index contributed by atoms with van der Waals surface area (Å²) in [7, 11) is 0. The highest BCUT2D eigenvalue weighted by atomic mass is 16.5. The standard InChI is InChI=1S/C20H25NO3/c1-4-23-18-12-11-17(13-19(18)24-5-2)20(22)21-14-15(3)16-9-7-6-8-10-16/h6-13,15H,4-5,14H2,1-3H3,(H,21,22)/t15-/m0/s1. The number of ether oxygens (including phenoxy) is 2. The van der Waals surface area contributed by atoms with E-state index in [4.69, 9.17) is 9.47 Å². The van der Waals surface area contributed by atoms with Gasteiger partial charge < -0.3 is 14.8 Å². The molecule has 1 atom stereocenters. The molecule has 0 aromatic heterocycles. The summed E-state index contributed by atoms with van der Waals surface area (Å²) in [5.74, 6) is 1.41. The van der Waals surface area contributed by atoms with E-state index in [0.29, 0.717) is 36.8 Å². The van der Waals surface area contributed by atoms with Gasteiger partial charge in [-0.3, -0.25) is 4.79 Å². The van der Waals surface area contributed by atoms with Gasteiger partial charge in [0.15, 0.2) is 11.5 Å². The van der Waals surface area contributed by atoms with Crippen LogP contribution in [0.3, 0.4) is 0 Å². The first-order valence-corrected chi connectivity index (χ1v) is 8.38. The Morgan fingerprint density at radius 3 is 2.33 bits per heavy atom. The zero-order valence-electron chi connectivity index (χ0n) is 14.5. The number of hydrogen-bond donors (Lipinski definition) is 1. The summed E-state index contributed by atoms with van der Waals surface area (Å²) in [6.45, 7) is 7.58. The number of benzene rings is 2. The van der Waals surface area contributed by atoms with Crippen LogP contribution in [0, 0.1) is 0 Å². The summed E-state index contributed by atoms with van der Waals surface area (Å²) >= 11 is 0. The molecule has 0 fully saturated rings. The van der Waals surface area contributed by atoms with E-state index in [-0.39, 0.29) is 11.8 Å². The second-order valence-corrected chi connectivity index (χ2v) is 5.55. The largest absolute Gasteiger partial charge is 0.490 e. The molecule has 0 aliphatic rings. The van der Waals surface area contributed by atoms with E-state index in [9.17, 15) is 4.79 Å². The highest BCUT2D eigenvalue weighted by Gasteiger charge is 2.13. The minimum absolute atomic E-state index is 0.109. The van der Waals surface area contributed by atoms with Crippen molar-refractivity contribution in [3.05, 3.63) is 59.7 Å². The molecule has 0 aliphatic carbocycles. The molecule has 0 saturated carbocycles. The van der Waals surface area contributed by atoms with Crippen molar-refractivity contribution in [3.63, 3.8) is 0 Å². The smallest absolute Gasteiger partial charge is 0.251 e. The molecule has 0 aliphatic heterocycles. The Kier molecular flexibility index (Phi) is 6.67. The van der Waals surface area contributed by atoms with Gasteiger partial charge in [-0.05, 0) is 43.5 Å². The van der Waals surface area contributed by atoms with E-state index >= 15 is 0 Å². The van der Waals surface area contributed by atoms with Gasteiger partial charge in [0.2, 0.25) is 0 Å². The van der Waals surface area contributed by atoms with E-state index in [0.717, 1.165) is 0 Å². The van der Waals surface area contributed by atoms with E-state index in [2.05, 4.69) is 24.4 Å². The maximum atomic E-state index is 12.4. The fraction of sp³-hybridized carbons (Fsp3) is 0.350. The van der Waals surface area contributed by atoms with Gasteiger partial charge in [0.1, 0.15) is 0 Å². The molecule has 2 rings (SSSR count). The topological polar surface area (TPSA) is 47.6 Å². The molecule has 4 heteroatoms. The second-order valence-electron chi connectivity index (χ2n) is 5.55. The average Bonchev–Trinajstić information content (AvgIpc) is 2.62. The van der Waals surface area contributed by atoms with Gasteiger partial charge in [-0.25, -0.2) is 0 Å². The number of carbonyl (C=O) groups is 1. The molecule has 0 spiro atoms. The molecule has 4 nitrogen and oxygen atoms in total. The first-order valence-electron chi connectivity index (χ1n) is 8.38. The molecule has 1 amide bonds. The first kappa shape index (κ1) is 17.9. The zero-order valence-corrected chi connectivity index (χ0v) is 14.5. The summed E-state index contributed by atoms with van der Waals surface area (Å²) < 4.78 is 11.1. The average molecular weight is 327 g/mol. The van der Waals surface area contributed by atoms with Crippen LogP contribution in [-0.2, 0) is 0 Å². The monoisotopic (exact) mass is 327 g/mol. The SMILES string of the molecule is CCOc1ccc(C(=O)NC[C@H](C)c2ccccc2)cc1OCC. The van der Waals surface area contributed by atoms with Crippen LogP contribution in [0.1, 0.15) is 42.6 Å². The maximum absolute atomic E-state index is 12.4. The molecular formula is C20H25NO3. The van der Waals surface area contributed by atoms with Crippen LogP contribution in [-0.4, -0.2) is 25.7 Å². The highest BCUT2D eigenvalue weighted by molar-refractivity contribution is 5.94. The number of carbonyl (C=O) groups excluding carboxylic acids is 1. The predicted molar refractivity (Wildman–Crippen MR) is 96.0 cm³/mol. The molecule has 1 N–H and O–H groups in total. The van der Waals surface area contributed by atoms with Gasteiger partial charge in [0, 0.05) is 12.1 Å². The van der Waals surface area contributed by atoms with Gasteiger partial charge in [-0.2, -0.15) is 0 Å². The Morgan fingerprint density at radius 1 is 1.00 bits per heavy atom. The Labute approximate surface area is 143 Å². The minimum atomic E-state index is -0.109. The Bertz CT molecular complexity index is 655. The minimum Gasteiger partial charge on any atom is -0.490 e. The molecule has 0 bridgehead atoms. The predicted octanol–water partition coefficient (Wildman–Crippen LogP) is 4.02. The molecule has 128 valence electrons. The van der Waals surface area contributed by atoms with Crippen LogP contribution in [0.25, 0.3) is 0 Å². The van der Waals surface area contributed by atoms with Crippen molar-refractivity contribution in [1.82, 2.24) is 5.32 Å². The number of nitrogens with one attached hydrogen (secondary N) is 1. The van der Waals surface area contributed by atoms with Crippen LogP contribution in [0.2, 0.25) is 0 Å². The third-order valence-corrected chi connectivity index (χ3v) is 3.74. The summed E-state index contributed by atoms with van der Waals surface area (Å²) in [4.78, 5) is 12.4. The molecule has 0 unspecified atom stereocenters. The lowest BCUT2D eigenvalue weighted by Crippen LogP contribution is -2.27.